The lowest BCUT2D eigenvalue weighted by molar-refractivity contribution is 0.394. The van der Waals surface area contributed by atoms with Crippen LogP contribution in [0, 0.1) is 0 Å². The van der Waals surface area contributed by atoms with Gasteiger partial charge in [-0.25, -0.2) is 9.97 Å². The van der Waals surface area contributed by atoms with Crippen LogP contribution in [0.25, 0.3) is 11.3 Å². The van der Waals surface area contributed by atoms with Crippen LogP contribution in [0.1, 0.15) is 25.6 Å². The van der Waals surface area contributed by atoms with Crippen molar-refractivity contribution in [2.75, 3.05) is 14.2 Å². The smallest absolute Gasteiger partial charge is 0.133 e. The summed E-state index contributed by atoms with van der Waals surface area (Å²) in [4.78, 5) is 8.78. The summed E-state index contributed by atoms with van der Waals surface area (Å²) >= 11 is 6.08. The van der Waals surface area contributed by atoms with Crippen LogP contribution in [0.15, 0.2) is 24.3 Å². The second-order valence-electron chi connectivity index (χ2n) is 4.69. The highest BCUT2D eigenvalue weighted by atomic mass is 35.5. The Morgan fingerprint density at radius 1 is 0.950 bits per heavy atom. The van der Waals surface area contributed by atoms with Gasteiger partial charge in [0.15, 0.2) is 0 Å². The first-order valence-electron chi connectivity index (χ1n) is 6.31. The quantitative estimate of drug-likeness (QED) is 0.801. The van der Waals surface area contributed by atoms with Crippen LogP contribution < -0.4 is 9.47 Å². The highest BCUT2D eigenvalue weighted by Crippen LogP contribution is 2.30. The molecular weight excluding hydrogens is 276 g/mol. The summed E-state index contributed by atoms with van der Waals surface area (Å²) in [6, 6.07) is 7.34. The lowest BCUT2D eigenvalue weighted by Gasteiger charge is -2.10. The molecule has 0 fully saturated rings. The molecule has 0 amide bonds. The van der Waals surface area contributed by atoms with Crippen molar-refractivity contribution in [1.82, 2.24) is 9.97 Å². The Balaban J connectivity index is 2.55. The maximum atomic E-state index is 6.08. The van der Waals surface area contributed by atoms with E-state index in [1.807, 2.05) is 32.0 Å². The minimum Gasteiger partial charge on any atom is -0.497 e. The van der Waals surface area contributed by atoms with Gasteiger partial charge in [0.1, 0.15) is 22.5 Å². The summed E-state index contributed by atoms with van der Waals surface area (Å²) in [6.45, 7) is 4.06. The number of nitrogens with zero attached hydrogens (tertiary/aromatic N) is 2. The highest BCUT2D eigenvalue weighted by molar-refractivity contribution is 6.29. The van der Waals surface area contributed by atoms with Gasteiger partial charge in [0.25, 0.3) is 0 Å². The van der Waals surface area contributed by atoms with Gasteiger partial charge in [-0.1, -0.05) is 25.4 Å². The lowest BCUT2D eigenvalue weighted by Crippen LogP contribution is -1.99. The summed E-state index contributed by atoms with van der Waals surface area (Å²) in [5, 5.41) is 0.431. The first kappa shape index (κ1) is 14.6. The van der Waals surface area contributed by atoms with Crippen LogP contribution in [-0.2, 0) is 0 Å². The fourth-order valence-electron chi connectivity index (χ4n) is 1.80. The Labute approximate surface area is 123 Å². The maximum Gasteiger partial charge on any atom is 0.133 e. The number of benzene rings is 1. The molecule has 0 saturated carbocycles. The third-order valence-corrected chi connectivity index (χ3v) is 3.07. The SMILES string of the molecule is COc1cc(OC)cc(-c2cc(Cl)nc(C(C)C)n2)c1. The van der Waals surface area contributed by atoms with Crippen molar-refractivity contribution in [3.05, 3.63) is 35.2 Å². The van der Waals surface area contributed by atoms with E-state index < -0.39 is 0 Å². The average molecular weight is 293 g/mol. The third kappa shape index (κ3) is 3.20. The van der Waals surface area contributed by atoms with E-state index in [1.54, 1.807) is 20.3 Å². The molecule has 0 bridgehead atoms. The van der Waals surface area contributed by atoms with Crippen molar-refractivity contribution < 1.29 is 9.47 Å². The maximum absolute atomic E-state index is 6.08. The van der Waals surface area contributed by atoms with Crippen LogP contribution in [0.2, 0.25) is 5.15 Å². The number of ether oxygens (including phenoxy) is 2. The van der Waals surface area contributed by atoms with Gasteiger partial charge in [0.05, 0.1) is 19.9 Å². The number of methoxy groups -OCH3 is 2. The molecule has 0 aliphatic carbocycles. The molecule has 0 spiro atoms. The molecule has 0 aliphatic rings. The van der Waals surface area contributed by atoms with E-state index in [0.29, 0.717) is 22.5 Å². The molecule has 1 heterocycles. The predicted molar refractivity (Wildman–Crippen MR) is 79.7 cm³/mol. The van der Waals surface area contributed by atoms with E-state index >= 15 is 0 Å². The molecule has 106 valence electrons. The molecule has 0 N–H and O–H groups in total. The molecule has 0 unspecified atom stereocenters. The second kappa shape index (κ2) is 6.09. The zero-order valence-electron chi connectivity index (χ0n) is 12.0. The summed E-state index contributed by atoms with van der Waals surface area (Å²) < 4.78 is 10.5. The largest absolute Gasteiger partial charge is 0.497 e. The molecular formula is C15H17ClN2O2. The summed E-state index contributed by atoms with van der Waals surface area (Å²) in [5.41, 5.74) is 1.64. The van der Waals surface area contributed by atoms with E-state index in [0.717, 1.165) is 11.3 Å². The molecule has 0 radical (unpaired) electrons. The minimum atomic E-state index is 0.208. The molecule has 1 aromatic carbocycles. The van der Waals surface area contributed by atoms with Crippen molar-refractivity contribution in [3.8, 4) is 22.8 Å². The van der Waals surface area contributed by atoms with Gasteiger partial charge in [-0.3, -0.25) is 0 Å². The fourth-order valence-corrected chi connectivity index (χ4v) is 1.99. The average Bonchev–Trinajstić information content (AvgIpc) is 2.45. The zero-order chi connectivity index (χ0) is 14.7. The number of hydrogen-bond donors (Lipinski definition) is 0. The van der Waals surface area contributed by atoms with E-state index in [1.165, 1.54) is 0 Å². The molecule has 2 aromatic rings. The molecule has 4 nitrogen and oxygen atoms in total. The molecule has 0 aliphatic heterocycles. The standard InChI is InChI=1S/C15H17ClN2O2/c1-9(2)15-17-13(8-14(16)18-15)10-5-11(19-3)7-12(6-10)20-4/h5-9H,1-4H3. The first-order valence-corrected chi connectivity index (χ1v) is 6.69. The van der Waals surface area contributed by atoms with Crippen molar-refractivity contribution >= 4 is 11.6 Å². The van der Waals surface area contributed by atoms with Gasteiger partial charge in [-0.15, -0.1) is 0 Å². The van der Waals surface area contributed by atoms with E-state index in [2.05, 4.69) is 9.97 Å². The van der Waals surface area contributed by atoms with Crippen LogP contribution in [0.5, 0.6) is 11.5 Å². The number of hydrogen-bond acceptors (Lipinski definition) is 4. The van der Waals surface area contributed by atoms with Crippen molar-refractivity contribution in [1.29, 1.82) is 0 Å². The lowest BCUT2D eigenvalue weighted by atomic mass is 10.1. The van der Waals surface area contributed by atoms with Gasteiger partial charge >= 0.3 is 0 Å². The van der Waals surface area contributed by atoms with E-state index in [-0.39, 0.29) is 5.92 Å². The Hall–Kier alpha value is -1.81. The normalized spacial score (nSPS) is 10.7. The van der Waals surface area contributed by atoms with Gasteiger partial charge in [-0.05, 0) is 12.1 Å². The van der Waals surface area contributed by atoms with Gasteiger partial charge < -0.3 is 9.47 Å². The molecule has 1 aromatic heterocycles. The van der Waals surface area contributed by atoms with Gasteiger partial charge in [0, 0.05) is 23.6 Å². The van der Waals surface area contributed by atoms with Crippen molar-refractivity contribution in [2.45, 2.75) is 19.8 Å². The number of halogens is 1. The Morgan fingerprint density at radius 3 is 2.05 bits per heavy atom. The monoisotopic (exact) mass is 292 g/mol. The van der Waals surface area contributed by atoms with Crippen molar-refractivity contribution in [3.63, 3.8) is 0 Å². The summed E-state index contributed by atoms with van der Waals surface area (Å²) in [7, 11) is 3.23. The summed E-state index contributed by atoms with van der Waals surface area (Å²) in [5.74, 6) is 2.34. The second-order valence-corrected chi connectivity index (χ2v) is 5.08. The minimum absolute atomic E-state index is 0.208. The third-order valence-electron chi connectivity index (χ3n) is 2.88. The summed E-state index contributed by atoms with van der Waals surface area (Å²) in [6.07, 6.45) is 0. The van der Waals surface area contributed by atoms with E-state index in [9.17, 15) is 0 Å². The van der Waals surface area contributed by atoms with E-state index in [4.69, 9.17) is 21.1 Å². The number of rotatable bonds is 4. The Bertz CT molecular complexity index is 593. The highest BCUT2D eigenvalue weighted by Gasteiger charge is 2.11. The first-order chi connectivity index (χ1) is 9.53. The zero-order valence-corrected chi connectivity index (χ0v) is 12.7. The Kier molecular flexibility index (Phi) is 4.45. The molecule has 0 saturated heterocycles. The molecule has 20 heavy (non-hydrogen) atoms. The van der Waals surface area contributed by atoms with Crippen LogP contribution in [0.4, 0.5) is 0 Å². The van der Waals surface area contributed by atoms with Crippen molar-refractivity contribution in [2.24, 2.45) is 0 Å². The Morgan fingerprint density at radius 2 is 1.55 bits per heavy atom. The van der Waals surface area contributed by atoms with Gasteiger partial charge in [-0.2, -0.15) is 0 Å². The van der Waals surface area contributed by atoms with Crippen LogP contribution in [0.3, 0.4) is 0 Å². The van der Waals surface area contributed by atoms with Gasteiger partial charge in [0.2, 0.25) is 0 Å². The fraction of sp³-hybridized carbons (Fsp3) is 0.333. The number of aromatic nitrogens is 2. The van der Waals surface area contributed by atoms with Crippen LogP contribution in [-0.4, -0.2) is 24.2 Å². The van der Waals surface area contributed by atoms with Crippen LogP contribution >= 0.6 is 11.6 Å². The molecule has 2 rings (SSSR count). The molecule has 0 atom stereocenters. The molecule has 5 heteroatoms. The topological polar surface area (TPSA) is 44.2 Å². The predicted octanol–water partition coefficient (Wildman–Crippen LogP) is 3.94.